The lowest BCUT2D eigenvalue weighted by molar-refractivity contribution is 0.447. The summed E-state index contributed by atoms with van der Waals surface area (Å²) in [5.74, 6) is 0. The summed E-state index contributed by atoms with van der Waals surface area (Å²) in [7, 11) is 0. The molecule has 0 bridgehead atoms. The molecule has 2 atom stereocenters. The minimum atomic E-state index is 0.605. The van der Waals surface area contributed by atoms with Crippen molar-refractivity contribution in [3.8, 4) is 0 Å². The van der Waals surface area contributed by atoms with E-state index in [0.29, 0.717) is 12.1 Å². The van der Waals surface area contributed by atoms with E-state index < -0.39 is 0 Å². The number of rotatable bonds is 3. The Morgan fingerprint density at radius 3 is 2.87 bits per heavy atom. The van der Waals surface area contributed by atoms with E-state index in [-0.39, 0.29) is 0 Å². The molecule has 0 radical (unpaired) electrons. The van der Waals surface area contributed by atoms with Gasteiger partial charge in [-0.15, -0.1) is 0 Å². The second-order valence-corrected chi connectivity index (χ2v) is 4.93. The van der Waals surface area contributed by atoms with Crippen molar-refractivity contribution >= 4 is 11.6 Å². The molecule has 2 rings (SSSR count). The van der Waals surface area contributed by atoms with Crippen LogP contribution in [-0.4, -0.2) is 12.1 Å². The third-order valence-electron chi connectivity index (χ3n) is 3.23. The first kappa shape index (κ1) is 11.0. The molecule has 1 nitrogen and oxygen atoms in total. The minimum absolute atomic E-state index is 0.605. The lowest BCUT2D eigenvalue weighted by atomic mass is 10.1. The van der Waals surface area contributed by atoms with Gasteiger partial charge in [-0.05, 0) is 49.4 Å². The third-order valence-corrected chi connectivity index (χ3v) is 3.47. The molecule has 1 N–H and O–H groups in total. The van der Waals surface area contributed by atoms with Gasteiger partial charge in [0.25, 0.3) is 0 Å². The molecule has 0 aliphatic heterocycles. The number of hydrogen-bond acceptors (Lipinski definition) is 1. The van der Waals surface area contributed by atoms with E-state index in [2.05, 4.69) is 31.3 Å². The Bertz CT molecular complexity index is 348. The molecular formula is C13H18ClN. The van der Waals surface area contributed by atoms with E-state index in [9.17, 15) is 0 Å². The third kappa shape index (κ3) is 2.53. The Morgan fingerprint density at radius 1 is 1.40 bits per heavy atom. The van der Waals surface area contributed by atoms with Gasteiger partial charge < -0.3 is 5.32 Å². The van der Waals surface area contributed by atoms with E-state index in [1.54, 1.807) is 0 Å². The zero-order chi connectivity index (χ0) is 10.8. The summed E-state index contributed by atoms with van der Waals surface area (Å²) < 4.78 is 0. The van der Waals surface area contributed by atoms with Crippen molar-refractivity contribution in [1.82, 2.24) is 5.32 Å². The van der Waals surface area contributed by atoms with Crippen LogP contribution in [0.1, 0.15) is 31.4 Å². The Hall–Kier alpha value is -0.530. The molecule has 0 saturated carbocycles. The summed E-state index contributed by atoms with van der Waals surface area (Å²) in [6.45, 7) is 4.46. The second-order valence-electron chi connectivity index (χ2n) is 4.49. The van der Waals surface area contributed by atoms with Gasteiger partial charge in [0.1, 0.15) is 0 Å². The largest absolute Gasteiger partial charge is 0.311 e. The highest BCUT2D eigenvalue weighted by Crippen LogP contribution is 2.25. The Morgan fingerprint density at radius 2 is 2.13 bits per heavy atom. The predicted octanol–water partition coefficient (Wildman–Crippen LogP) is 3.20. The Labute approximate surface area is 96.8 Å². The summed E-state index contributed by atoms with van der Waals surface area (Å²) >= 11 is 5.98. The van der Waals surface area contributed by atoms with Crippen LogP contribution >= 0.6 is 11.6 Å². The highest BCUT2D eigenvalue weighted by molar-refractivity contribution is 6.30. The molecule has 0 saturated heterocycles. The summed E-state index contributed by atoms with van der Waals surface area (Å²) in [6.07, 6.45) is 3.46. The van der Waals surface area contributed by atoms with Gasteiger partial charge in [0.05, 0.1) is 0 Å². The molecule has 1 aromatic carbocycles. The number of benzene rings is 1. The van der Waals surface area contributed by atoms with Crippen molar-refractivity contribution in [3.05, 3.63) is 34.3 Å². The monoisotopic (exact) mass is 223 g/mol. The van der Waals surface area contributed by atoms with Gasteiger partial charge in [0, 0.05) is 17.1 Å². The van der Waals surface area contributed by atoms with Crippen molar-refractivity contribution in [2.24, 2.45) is 0 Å². The van der Waals surface area contributed by atoms with Crippen LogP contribution in [0.3, 0.4) is 0 Å². The van der Waals surface area contributed by atoms with Crippen molar-refractivity contribution in [1.29, 1.82) is 0 Å². The summed E-state index contributed by atoms with van der Waals surface area (Å²) in [5.41, 5.74) is 2.88. The molecule has 0 amide bonds. The Kier molecular flexibility index (Phi) is 3.32. The first-order chi connectivity index (χ1) is 7.19. The van der Waals surface area contributed by atoms with Crippen LogP contribution in [-0.2, 0) is 12.8 Å². The van der Waals surface area contributed by atoms with E-state index in [1.165, 1.54) is 17.5 Å². The second kappa shape index (κ2) is 4.54. The van der Waals surface area contributed by atoms with Crippen LogP contribution in [0.5, 0.6) is 0 Å². The van der Waals surface area contributed by atoms with Crippen molar-refractivity contribution < 1.29 is 0 Å². The molecule has 2 heteroatoms. The molecule has 0 heterocycles. The Balaban J connectivity index is 2.03. The average Bonchev–Trinajstić information content (AvgIpc) is 2.59. The summed E-state index contributed by atoms with van der Waals surface area (Å²) in [6, 6.07) is 7.48. The molecular weight excluding hydrogens is 206 g/mol. The fourth-order valence-corrected chi connectivity index (χ4v) is 2.42. The molecule has 0 aromatic heterocycles. The van der Waals surface area contributed by atoms with Crippen molar-refractivity contribution in [2.45, 2.75) is 45.2 Å². The lowest BCUT2D eigenvalue weighted by Gasteiger charge is -2.17. The molecule has 1 aliphatic carbocycles. The van der Waals surface area contributed by atoms with Gasteiger partial charge in [0.2, 0.25) is 0 Å². The van der Waals surface area contributed by atoms with E-state index in [4.69, 9.17) is 11.6 Å². The van der Waals surface area contributed by atoms with Gasteiger partial charge in [-0.3, -0.25) is 0 Å². The number of fused-ring (bicyclic) bond motifs is 1. The van der Waals surface area contributed by atoms with Crippen LogP contribution < -0.4 is 5.32 Å². The van der Waals surface area contributed by atoms with Crippen LogP contribution in [0.25, 0.3) is 0 Å². The normalized spacial score (nSPS) is 21.4. The first-order valence-electron chi connectivity index (χ1n) is 5.72. The quantitative estimate of drug-likeness (QED) is 0.830. The molecule has 82 valence electrons. The van der Waals surface area contributed by atoms with Crippen molar-refractivity contribution in [2.75, 3.05) is 0 Å². The SMILES string of the molecule is CCC(C)NC1Cc2ccc(Cl)cc2C1. The van der Waals surface area contributed by atoms with Gasteiger partial charge in [-0.1, -0.05) is 24.6 Å². The van der Waals surface area contributed by atoms with Crippen LogP contribution in [0.2, 0.25) is 5.02 Å². The van der Waals surface area contributed by atoms with E-state index in [0.717, 1.165) is 17.9 Å². The molecule has 15 heavy (non-hydrogen) atoms. The lowest BCUT2D eigenvalue weighted by Crippen LogP contribution is -2.36. The summed E-state index contributed by atoms with van der Waals surface area (Å²) in [5, 5.41) is 4.51. The van der Waals surface area contributed by atoms with Gasteiger partial charge >= 0.3 is 0 Å². The summed E-state index contributed by atoms with van der Waals surface area (Å²) in [4.78, 5) is 0. The first-order valence-corrected chi connectivity index (χ1v) is 6.10. The smallest absolute Gasteiger partial charge is 0.0408 e. The van der Waals surface area contributed by atoms with Crippen molar-refractivity contribution in [3.63, 3.8) is 0 Å². The van der Waals surface area contributed by atoms with Crippen LogP contribution in [0.4, 0.5) is 0 Å². The number of nitrogens with one attached hydrogen (secondary N) is 1. The van der Waals surface area contributed by atoms with Gasteiger partial charge in [-0.2, -0.15) is 0 Å². The van der Waals surface area contributed by atoms with E-state index >= 15 is 0 Å². The van der Waals surface area contributed by atoms with Crippen LogP contribution in [0.15, 0.2) is 18.2 Å². The number of hydrogen-bond donors (Lipinski definition) is 1. The molecule has 1 aromatic rings. The van der Waals surface area contributed by atoms with E-state index in [1.807, 2.05) is 6.07 Å². The minimum Gasteiger partial charge on any atom is -0.311 e. The fourth-order valence-electron chi connectivity index (χ4n) is 2.22. The fraction of sp³-hybridized carbons (Fsp3) is 0.538. The standard InChI is InChI=1S/C13H18ClN/c1-3-9(2)15-13-7-10-4-5-12(14)6-11(10)8-13/h4-6,9,13,15H,3,7-8H2,1-2H3. The van der Waals surface area contributed by atoms with Crippen LogP contribution in [0, 0.1) is 0 Å². The highest BCUT2D eigenvalue weighted by atomic mass is 35.5. The highest BCUT2D eigenvalue weighted by Gasteiger charge is 2.21. The average molecular weight is 224 g/mol. The van der Waals surface area contributed by atoms with Gasteiger partial charge in [0.15, 0.2) is 0 Å². The maximum Gasteiger partial charge on any atom is 0.0408 e. The zero-order valence-corrected chi connectivity index (χ0v) is 10.1. The molecule has 2 unspecified atom stereocenters. The molecule has 1 aliphatic rings. The number of halogens is 1. The maximum atomic E-state index is 5.98. The maximum absolute atomic E-state index is 5.98. The molecule has 0 spiro atoms. The molecule has 0 fully saturated rings. The zero-order valence-electron chi connectivity index (χ0n) is 9.39. The van der Waals surface area contributed by atoms with Gasteiger partial charge in [-0.25, -0.2) is 0 Å². The topological polar surface area (TPSA) is 12.0 Å². The predicted molar refractivity (Wildman–Crippen MR) is 65.5 cm³/mol.